The summed E-state index contributed by atoms with van der Waals surface area (Å²) in [6.45, 7) is 0.520. The van der Waals surface area contributed by atoms with Gasteiger partial charge in [-0.2, -0.15) is 0 Å². The Bertz CT molecular complexity index is 676. The van der Waals surface area contributed by atoms with Crippen LogP contribution in [0.3, 0.4) is 0 Å². The highest BCUT2D eigenvalue weighted by atomic mass is 32.2. The van der Waals surface area contributed by atoms with Crippen LogP contribution < -0.4 is 10.0 Å². The summed E-state index contributed by atoms with van der Waals surface area (Å²) >= 11 is 0. The molecule has 6 heteroatoms. The van der Waals surface area contributed by atoms with Crippen molar-refractivity contribution in [2.75, 3.05) is 5.32 Å². The molecule has 106 valence electrons. The van der Waals surface area contributed by atoms with Crippen molar-refractivity contribution in [3.8, 4) is 0 Å². The third-order valence-corrected chi connectivity index (χ3v) is 4.72. The van der Waals surface area contributed by atoms with E-state index in [4.69, 9.17) is 4.42 Å². The first-order chi connectivity index (χ1) is 9.65. The first-order valence-corrected chi connectivity index (χ1v) is 8.00. The quantitative estimate of drug-likeness (QED) is 0.857. The predicted molar refractivity (Wildman–Crippen MR) is 75.8 cm³/mol. The third kappa shape index (κ3) is 3.02. The Balaban J connectivity index is 1.80. The Morgan fingerprint density at radius 3 is 2.70 bits per heavy atom. The molecular weight excluding hydrogens is 276 g/mol. The summed E-state index contributed by atoms with van der Waals surface area (Å²) in [6.07, 6.45) is 5.06. The van der Waals surface area contributed by atoms with Gasteiger partial charge in [0.2, 0.25) is 10.0 Å². The van der Waals surface area contributed by atoms with E-state index in [0.29, 0.717) is 12.2 Å². The molecule has 3 rings (SSSR count). The fourth-order valence-corrected chi connectivity index (χ4v) is 3.41. The van der Waals surface area contributed by atoms with Crippen molar-refractivity contribution >= 4 is 15.7 Å². The minimum Gasteiger partial charge on any atom is -0.472 e. The van der Waals surface area contributed by atoms with E-state index >= 15 is 0 Å². The van der Waals surface area contributed by atoms with Gasteiger partial charge in [-0.1, -0.05) is 12.1 Å². The lowest BCUT2D eigenvalue weighted by Gasteiger charge is -2.12. The lowest BCUT2D eigenvalue weighted by Crippen LogP contribution is -2.26. The number of benzene rings is 1. The molecule has 1 aliphatic carbocycles. The zero-order chi connectivity index (χ0) is 14.0. The van der Waals surface area contributed by atoms with Crippen molar-refractivity contribution in [2.45, 2.75) is 30.3 Å². The second kappa shape index (κ2) is 5.30. The standard InChI is InChI=1S/C14H16N2O3S/c17-20(18,16-12-5-6-12)14-4-2-1-3-13(14)15-9-11-7-8-19-10-11/h1-4,7-8,10,12,15-16H,5-6,9H2. The number of hydrogen-bond acceptors (Lipinski definition) is 4. The molecule has 1 aromatic heterocycles. The lowest BCUT2D eigenvalue weighted by atomic mass is 10.3. The number of rotatable bonds is 6. The highest BCUT2D eigenvalue weighted by Crippen LogP contribution is 2.26. The molecule has 1 heterocycles. The molecule has 2 aromatic rings. The van der Waals surface area contributed by atoms with E-state index in [9.17, 15) is 8.42 Å². The van der Waals surface area contributed by atoms with Crippen LogP contribution in [0.4, 0.5) is 5.69 Å². The van der Waals surface area contributed by atoms with Gasteiger partial charge >= 0.3 is 0 Å². The van der Waals surface area contributed by atoms with Crippen LogP contribution in [0.15, 0.2) is 52.2 Å². The summed E-state index contributed by atoms with van der Waals surface area (Å²) < 4.78 is 32.3. The maximum atomic E-state index is 12.3. The number of hydrogen-bond donors (Lipinski definition) is 2. The maximum Gasteiger partial charge on any atom is 0.242 e. The highest BCUT2D eigenvalue weighted by Gasteiger charge is 2.29. The van der Waals surface area contributed by atoms with E-state index in [1.54, 1.807) is 30.7 Å². The van der Waals surface area contributed by atoms with Crippen LogP contribution in [-0.2, 0) is 16.6 Å². The number of para-hydroxylation sites is 1. The second-order valence-electron chi connectivity index (χ2n) is 4.88. The molecule has 1 aromatic carbocycles. The summed E-state index contributed by atoms with van der Waals surface area (Å²) in [5.74, 6) is 0. The molecule has 1 saturated carbocycles. The average Bonchev–Trinajstić information content (AvgIpc) is 3.07. The number of anilines is 1. The number of nitrogens with one attached hydrogen (secondary N) is 2. The predicted octanol–water partition coefficient (Wildman–Crippen LogP) is 2.33. The van der Waals surface area contributed by atoms with E-state index < -0.39 is 10.0 Å². The molecule has 5 nitrogen and oxygen atoms in total. The molecule has 1 fully saturated rings. The van der Waals surface area contributed by atoms with E-state index in [0.717, 1.165) is 18.4 Å². The van der Waals surface area contributed by atoms with Crippen LogP contribution >= 0.6 is 0 Å². The molecule has 0 amide bonds. The fraction of sp³-hybridized carbons (Fsp3) is 0.286. The van der Waals surface area contributed by atoms with Gasteiger partial charge < -0.3 is 9.73 Å². The maximum absolute atomic E-state index is 12.3. The summed E-state index contributed by atoms with van der Waals surface area (Å²) in [7, 11) is -3.45. The van der Waals surface area contributed by atoms with Crippen LogP contribution in [0.1, 0.15) is 18.4 Å². The smallest absolute Gasteiger partial charge is 0.242 e. The Hall–Kier alpha value is -1.79. The van der Waals surface area contributed by atoms with Crippen molar-refractivity contribution in [3.63, 3.8) is 0 Å². The zero-order valence-corrected chi connectivity index (χ0v) is 11.7. The van der Waals surface area contributed by atoms with Crippen molar-refractivity contribution in [1.82, 2.24) is 4.72 Å². The van der Waals surface area contributed by atoms with Crippen molar-refractivity contribution in [1.29, 1.82) is 0 Å². The van der Waals surface area contributed by atoms with Crippen LogP contribution in [-0.4, -0.2) is 14.5 Å². The van der Waals surface area contributed by atoms with Gasteiger partial charge in [-0.05, 0) is 31.0 Å². The molecule has 0 spiro atoms. The Morgan fingerprint density at radius 1 is 1.20 bits per heavy atom. The largest absolute Gasteiger partial charge is 0.472 e. The first kappa shape index (κ1) is 13.2. The molecular formula is C14H16N2O3S. The van der Waals surface area contributed by atoms with E-state index in [-0.39, 0.29) is 10.9 Å². The minimum absolute atomic E-state index is 0.0990. The van der Waals surface area contributed by atoms with Gasteiger partial charge in [-0.3, -0.25) is 0 Å². The SMILES string of the molecule is O=S(=O)(NC1CC1)c1ccccc1NCc1ccoc1. The average molecular weight is 292 g/mol. The Morgan fingerprint density at radius 2 is 2.00 bits per heavy atom. The number of furan rings is 1. The molecule has 0 saturated heterocycles. The van der Waals surface area contributed by atoms with Crippen LogP contribution in [0.5, 0.6) is 0 Å². The molecule has 0 radical (unpaired) electrons. The molecule has 0 unspecified atom stereocenters. The minimum atomic E-state index is -3.45. The Labute approximate surface area is 118 Å². The summed E-state index contributed by atoms with van der Waals surface area (Å²) in [5.41, 5.74) is 1.56. The van der Waals surface area contributed by atoms with Crippen LogP contribution in [0.2, 0.25) is 0 Å². The third-order valence-electron chi connectivity index (χ3n) is 3.14. The normalized spacial score (nSPS) is 15.2. The Kier molecular flexibility index (Phi) is 3.50. The van der Waals surface area contributed by atoms with E-state index in [1.807, 2.05) is 12.1 Å². The van der Waals surface area contributed by atoms with E-state index in [2.05, 4.69) is 10.0 Å². The van der Waals surface area contributed by atoms with Crippen molar-refractivity contribution in [3.05, 3.63) is 48.4 Å². The highest BCUT2D eigenvalue weighted by molar-refractivity contribution is 7.89. The van der Waals surface area contributed by atoms with Crippen LogP contribution in [0.25, 0.3) is 0 Å². The van der Waals surface area contributed by atoms with Gasteiger partial charge in [-0.25, -0.2) is 13.1 Å². The summed E-state index contributed by atoms with van der Waals surface area (Å²) in [4.78, 5) is 0.287. The topological polar surface area (TPSA) is 71.3 Å². The van der Waals surface area contributed by atoms with Gasteiger partial charge in [0.15, 0.2) is 0 Å². The van der Waals surface area contributed by atoms with E-state index in [1.165, 1.54) is 0 Å². The van der Waals surface area contributed by atoms with Gasteiger partial charge in [0, 0.05) is 18.2 Å². The zero-order valence-electron chi connectivity index (χ0n) is 10.9. The van der Waals surface area contributed by atoms with Crippen molar-refractivity contribution in [2.24, 2.45) is 0 Å². The van der Waals surface area contributed by atoms with Crippen LogP contribution in [0, 0.1) is 0 Å². The van der Waals surface area contributed by atoms with Crippen molar-refractivity contribution < 1.29 is 12.8 Å². The summed E-state index contributed by atoms with van der Waals surface area (Å²) in [5, 5.41) is 3.14. The van der Waals surface area contributed by atoms with Gasteiger partial charge in [-0.15, -0.1) is 0 Å². The van der Waals surface area contributed by atoms with Gasteiger partial charge in [0.25, 0.3) is 0 Å². The first-order valence-electron chi connectivity index (χ1n) is 6.51. The molecule has 1 aliphatic rings. The summed E-state index contributed by atoms with van der Waals surface area (Å²) in [6, 6.07) is 8.86. The monoisotopic (exact) mass is 292 g/mol. The molecule has 20 heavy (non-hydrogen) atoms. The number of sulfonamides is 1. The molecule has 0 bridgehead atoms. The fourth-order valence-electron chi connectivity index (χ4n) is 1.92. The molecule has 0 aliphatic heterocycles. The van der Waals surface area contributed by atoms with Gasteiger partial charge in [0.1, 0.15) is 4.90 Å². The lowest BCUT2D eigenvalue weighted by molar-refractivity contribution is 0.564. The second-order valence-corrected chi connectivity index (χ2v) is 6.56. The molecule has 2 N–H and O–H groups in total. The van der Waals surface area contributed by atoms with Gasteiger partial charge in [0.05, 0.1) is 18.2 Å². The molecule has 0 atom stereocenters.